The van der Waals surface area contributed by atoms with Gasteiger partial charge >= 0.3 is 11.9 Å². The second-order valence-electron chi connectivity index (χ2n) is 20.3. The van der Waals surface area contributed by atoms with Crippen molar-refractivity contribution in [2.24, 2.45) is 33.7 Å². The normalized spacial score (nSPS) is 21.7. The third-order valence-electron chi connectivity index (χ3n) is 15.9. The van der Waals surface area contributed by atoms with E-state index >= 15 is 0 Å². The molecule has 0 radical (unpaired) electrons. The number of amides is 2. The van der Waals surface area contributed by atoms with Gasteiger partial charge in [-0.2, -0.15) is 0 Å². The predicted molar refractivity (Wildman–Crippen MR) is 256 cm³/mol. The maximum Gasteiger partial charge on any atom is 0.306 e. The van der Waals surface area contributed by atoms with Gasteiger partial charge in [-0.1, -0.05) is 83.0 Å². The van der Waals surface area contributed by atoms with Crippen LogP contribution < -0.4 is 0 Å². The lowest BCUT2D eigenvalue weighted by Crippen LogP contribution is -2.45. The van der Waals surface area contributed by atoms with Crippen LogP contribution in [0.25, 0.3) is 27.8 Å². The van der Waals surface area contributed by atoms with E-state index < -0.39 is 11.8 Å². The Morgan fingerprint density at radius 3 is 1.85 bits per heavy atom. The molecule has 9 rings (SSSR count). The zero-order valence-electron chi connectivity index (χ0n) is 39.3. The Kier molecular flexibility index (Phi) is 12.7. The van der Waals surface area contributed by atoms with E-state index in [1.54, 1.807) is 5.56 Å². The Hall–Kier alpha value is -5.38. The molecular formula is C55H66N4O6. The Morgan fingerprint density at radius 1 is 0.677 bits per heavy atom. The van der Waals surface area contributed by atoms with Crippen LogP contribution in [0.15, 0.2) is 70.8 Å². The molecule has 6 aliphatic rings. The first kappa shape index (κ1) is 44.8. The molecule has 1 saturated carbocycles. The summed E-state index contributed by atoms with van der Waals surface area (Å²) in [5.41, 5.74) is 15.0. The third-order valence-corrected chi connectivity index (χ3v) is 15.9. The second kappa shape index (κ2) is 18.5. The number of allylic oxidation sites excluding steroid dienone is 1. The van der Waals surface area contributed by atoms with Crippen molar-refractivity contribution in [3.05, 3.63) is 83.1 Å². The molecule has 65 heavy (non-hydrogen) atoms. The molecule has 10 nitrogen and oxygen atoms in total. The van der Waals surface area contributed by atoms with E-state index in [1.165, 1.54) is 85.3 Å². The quantitative estimate of drug-likeness (QED) is 0.158. The topological polar surface area (TPSA) is 118 Å². The van der Waals surface area contributed by atoms with E-state index in [1.807, 2.05) is 43.7 Å². The van der Waals surface area contributed by atoms with Gasteiger partial charge < -0.3 is 19.3 Å². The number of carbonyl (C=O) groups is 4. The first-order chi connectivity index (χ1) is 31.4. The summed E-state index contributed by atoms with van der Waals surface area (Å²) in [4.78, 5) is 66.2. The summed E-state index contributed by atoms with van der Waals surface area (Å²) in [5.74, 6) is -1.37. The Morgan fingerprint density at radius 2 is 1.25 bits per heavy atom. The number of ether oxygens (including phenoxy) is 2. The van der Waals surface area contributed by atoms with Gasteiger partial charge in [-0.15, -0.1) is 0 Å². The Bertz CT molecular complexity index is 2460. The number of nitrogens with zero attached hydrogens (tertiary/aromatic N) is 4. The van der Waals surface area contributed by atoms with E-state index in [2.05, 4.69) is 54.6 Å². The molecule has 0 aromatic heterocycles. The zero-order chi connectivity index (χ0) is 45.6. The van der Waals surface area contributed by atoms with E-state index in [4.69, 9.17) is 19.5 Å². The predicted octanol–water partition coefficient (Wildman–Crippen LogP) is 10.2. The van der Waals surface area contributed by atoms with Crippen molar-refractivity contribution >= 4 is 46.4 Å². The van der Waals surface area contributed by atoms with Crippen molar-refractivity contribution in [1.82, 2.24) is 9.80 Å². The Labute approximate surface area is 385 Å². The molecule has 0 N–H and O–H groups in total. The summed E-state index contributed by atoms with van der Waals surface area (Å²) < 4.78 is 9.88. The lowest BCUT2D eigenvalue weighted by molar-refractivity contribution is -0.148. The van der Waals surface area contributed by atoms with Gasteiger partial charge in [0.25, 0.3) is 0 Å². The van der Waals surface area contributed by atoms with Crippen LogP contribution in [-0.4, -0.2) is 84.4 Å². The standard InChI is InChI=1S/C55H66N4O6/c1-33(2)43(30-50(60)64-5)53(62)58-25-9-11-48(58)46-29-39(32-56-46)35-13-15-36(16-14-35)41-19-18-40(42-21-24-55(52(41)42)22-7-8-23-55)37-17-20-45-38(27-37)28-47(57-45)49-12-10-26-59(49)54(63)44(34(3)4)31-51(61)65-6/h13-20,27,32-34,43-44,48-49H,7-12,21-26,28-31H2,1-6H3/t43-,44-,48-,49-/m0/s1. The van der Waals surface area contributed by atoms with Gasteiger partial charge in [-0.05, 0) is 131 Å². The van der Waals surface area contributed by atoms with Crippen LogP contribution in [-0.2, 0) is 46.9 Å². The molecular weight excluding hydrogens is 813 g/mol. The summed E-state index contributed by atoms with van der Waals surface area (Å²) in [6, 6.07) is 20.5. The maximum absolute atomic E-state index is 13.9. The lowest BCUT2D eigenvalue weighted by atomic mass is 9.76. The molecule has 2 aliphatic carbocycles. The van der Waals surface area contributed by atoms with Gasteiger partial charge in [-0.3, -0.25) is 29.2 Å². The number of methoxy groups -OCH3 is 2. The van der Waals surface area contributed by atoms with E-state index in [0.29, 0.717) is 19.5 Å². The molecule has 4 aliphatic heterocycles. The minimum atomic E-state index is -0.406. The monoisotopic (exact) mass is 878 g/mol. The average Bonchev–Trinajstić information content (AvgIpc) is 4.18. The van der Waals surface area contributed by atoms with Crippen LogP contribution in [0, 0.1) is 23.7 Å². The van der Waals surface area contributed by atoms with Crippen molar-refractivity contribution in [3.8, 4) is 22.3 Å². The molecule has 3 aromatic rings. The van der Waals surface area contributed by atoms with Gasteiger partial charge in [0.15, 0.2) is 0 Å². The fourth-order valence-electron chi connectivity index (χ4n) is 12.3. The first-order valence-electron chi connectivity index (χ1n) is 24.4. The van der Waals surface area contributed by atoms with Crippen LogP contribution in [0.1, 0.15) is 127 Å². The number of likely N-dealkylation sites (tertiary alicyclic amines) is 2. The number of fused-ring (bicyclic) bond motifs is 3. The average molecular weight is 879 g/mol. The highest BCUT2D eigenvalue weighted by atomic mass is 16.5. The minimum Gasteiger partial charge on any atom is -0.469 e. The van der Waals surface area contributed by atoms with Gasteiger partial charge in [-0.25, -0.2) is 0 Å². The largest absolute Gasteiger partial charge is 0.469 e. The van der Waals surface area contributed by atoms with Crippen LogP contribution >= 0.6 is 0 Å². The van der Waals surface area contributed by atoms with E-state index in [9.17, 15) is 19.2 Å². The summed E-state index contributed by atoms with van der Waals surface area (Å²) in [7, 11) is 2.76. The minimum absolute atomic E-state index is 0.0297. The van der Waals surface area contributed by atoms with Gasteiger partial charge in [0.05, 0.1) is 56.7 Å². The summed E-state index contributed by atoms with van der Waals surface area (Å²) in [6.07, 6.45) is 14.5. The molecule has 2 saturated heterocycles. The number of hydrogen-bond donors (Lipinski definition) is 0. The van der Waals surface area contributed by atoms with E-state index in [0.717, 1.165) is 61.2 Å². The van der Waals surface area contributed by atoms with Crippen molar-refractivity contribution in [2.75, 3.05) is 27.3 Å². The SMILES string of the molecule is COC(=O)C[C@H](C(=O)N1CCC[C@H]1C1=NC=C(c2ccc(-c3ccc(-c4ccc5c(c4)CC([C@@H]4CCCN4C(=O)[C@@H](CC(=O)OC)C(C)C)=N5)c4c3C3(CCCC3)CC4)cc2)C1)C(C)C. The molecule has 342 valence electrons. The van der Waals surface area contributed by atoms with Crippen molar-refractivity contribution in [3.63, 3.8) is 0 Å². The molecule has 1 spiro atoms. The molecule has 4 heterocycles. The number of carbonyl (C=O) groups excluding carboxylic acids is 4. The maximum atomic E-state index is 13.9. The number of benzene rings is 3. The molecule has 0 bridgehead atoms. The molecule has 4 atom stereocenters. The fraction of sp³-hybridized carbons (Fsp3) is 0.527. The lowest BCUT2D eigenvalue weighted by Gasteiger charge is -2.30. The van der Waals surface area contributed by atoms with Crippen LogP contribution in [0.4, 0.5) is 5.69 Å². The highest BCUT2D eigenvalue weighted by molar-refractivity contribution is 6.04. The van der Waals surface area contributed by atoms with Crippen LogP contribution in [0.2, 0.25) is 0 Å². The van der Waals surface area contributed by atoms with Crippen LogP contribution in [0.3, 0.4) is 0 Å². The molecule has 10 heteroatoms. The van der Waals surface area contributed by atoms with Crippen molar-refractivity contribution < 1.29 is 28.7 Å². The molecule has 3 aromatic carbocycles. The summed E-state index contributed by atoms with van der Waals surface area (Å²) in [6.45, 7) is 9.39. The highest BCUT2D eigenvalue weighted by Crippen LogP contribution is 2.55. The second-order valence-corrected chi connectivity index (χ2v) is 20.3. The third kappa shape index (κ3) is 8.51. The van der Waals surface area contributed by atoms with Gasteiger partial charge in [0, 0.05) is 43.6 Å². The molecule has 2 amide bonds. The fourth-order valence-corrected chi connectivity index (χ4v) is 12.3. The zero-order valence-corrected chi connectivity index (χ0v) is 39.3. The summed E-state index contributed by atoms with van der Waals surface area (Å²) >= 11 is 0. The Balaban J connectivity index is 0.922. The number of hydrogen-bond acceptors (Lipinski definition) is 8. The number of aliphatic imine (C=N–C) groups is 2. The highest BCUT2D eigenvalue weighted by Gasteiger charge is 2.44. The molecule has 3 fully saturated rings. The van der Waals surface area contributed by atoms with Crippen molar-refractivity contribution in [1.29, 1.82) is 0 Å². The smallest absolute Gasteiger partial charge is 0.306 e. The van der Waals surface area contributed by atoms with Crippen LogP contribution in [0.5, 0.6) is 0 Å². The summed E-state index contributed by atoms with van der Waals surface area (Å²) in [5, 5.41) is 0. The van der Waals surface area contributed by atoms with Crippen molar-refractivity contribution in [2.45, 2.75) is 135 Å². The van der Waals surface area contributed by atoms with E-state index in [-0.39, 0.29) is 65.9 Å². The van der Waals surface area contributed by atoms with Gasteiger partial charge in [0.2, 0.25) is 11.8 Å². The first-order valence-corrected chi connectivity index (χ1v) is 24.4. The van der Waals surface area contributed by atoms with Gasteiger partial charge in [0.1, 0.15) is 0 Å². The number of esters is 2. The number of rotatable bonds is 13. The molecule has 0 unspecified atom stereocenters.